The first-order valence-corrected chi connectivity index (χ1v) is 3.37. The normalized spacial score (nSPS) is 9.89. The van der Waals surface area contributed by atoms with E-state index in [4.69, 9.17) is 4.42 Å². The zero-order chi connectivity index (χ0) is 6.53. The third kappa shape index (κ3) is 1.92. The third-order valence-corrected chi connectivity index (χ3v) is 1.28. The molecule has 0 aliphatic carbocycles. The fourth-order valence-corrected chi connectivity index (χ4v) is 0.746. The first kappa shape index (κ1) is 6.40. The summed E-state index contributed by atoms with van der Waals surface area (Å²) in [6.45, 7) is 2.17. The summed E-state index contributed by atoms with van der Waals surface area (Å²) in [6, 6.07) is 4.82. The van der Waals surface area contributed by atoms with Crippen molar-refractivity contribution in [1.82, 2.24) is 0 Å². The van der Waals surface area contributed by atoms with Crippen LogP contribution in [0.5, 0.6) is 0 Å². The molecule has 9 heavy (non-hydrogen) atoms. The van der Waals surface area contributed by atoms with Gasteiger partial charge in [0.1, 0.15) is 5.76 Å². The molecule has 0 saturated heterocycles. The van der Waals surface area contributed by atoms with E-state index in [9.17, 15) is 0 Å². The van der Waals surface area contributed by atoms with Crippen LogP contribution in [-0.4, -0.2) is 0 Å². The molecule has 0 aromatic carbocycles. The molecule has 0 fully saturated rings. The van der Waals surface area contributed by atoms with E-state index in [1.807, 2.05) is 6.07 Å². The molecular weight excluding hydrogens is 112 g/mol. The summed E-state index contributed by atoms with van der Waals surface area (Å²) in [5.74, 6) is 0.983. The molecule has 0 spiro atoms. The Hall–Kier alpha value is -0.720. The van der Waals surface area contributed by atoms with E-state index in [-0.39, 0.29) is 0 Å². The Kier molecular flexibility index (Phi) is 2.37. The molecule has 0 atom stereocenters. The van der Waals surface area contributed by atoms with Crippen molar-refractivity contribution in [2.24, 2.45) is 0 Å². The SMILES string of the molecule is CCCCc1[c]cco1. The molecule has 0 N–H and O–H groups in total. The molecule has 0 amide bonds. The van der Waals surface area contributed by atoms with E-state index >= 15 is 0 Å². The van der Waals surface area contributed by atoms with Gasteiger partial charge < -0.3 is 4.42 Å². The van der Waals surface area contributed by atoms with Crippen molar-refractivity contribution in [1.29, 1.82) is 0 Å². The van der Waals surface area contributed by atoms with Crippen LogP contribution >= 0.6 is 0 Å². The zero-order valence-electron chi connectivity index (χ0n) is 5.68. The Morgan fingerprint density at radius 2 is 2.56 bits per heavy atom. The summed E-state index contributed by atoms with van der Waals surface area (Å²) in [4.78, 5) is 0. The fourth-order valence-electron chi connectivity index (χ4n) is 0.746. The second-order valence-corrected chi connectivity index (χ2v) is 2.09. The molecule has 0 aliphatic rings. The molecule has 0 bridgehead atoms. The van der Waals surface area contributed by atoms with Crippen LogP contribution in [0.3, 0.4) is 0 Å². The summed E-state index contributed by atoms with van der Waals surface area (Å²) in [5.41, 5.74) is 0. The van der Waals surface area contributed by atoms with Gasteiger partial charge in [0.05, 0.1) is 6.26 Å². The Labute approximate surface area is 55.7 Å². The van der Waals surface area contributed by atoms with Crippen molar-refractivity contribution < 1.29 is 4.42 Å². The highest BCUT2D eigenvalue weighted by Crippen LogP contribution is 2.03. The maximum absolute atomic E-state index is 5.08. The Morgan fingerprint density at radius 1 is 1.67 bits per heavy atom. The largest absolute Gasteiger partial charge is 0.469 e. The molecule has 1 radical (unpaired) electrons. The van der Waals surface area contributed by atoms with Crippen molar-refractivity contribution in [2.75, 3.05) is 0 Å². The predicted octanol–water partition coefficient (Wildman–Crippen LogP) is 2.42. The second-order valence-electron chi connectivity index (χ2n) is 2.09. The van der Waals surface area contributed by atoms with Crippen LogP contribution in [-0.2, 0) is 6.42 Å². The van der Waals surface area contributed by atoms with Gasteiger partial charge in [0.2, 0.25) is 0 Å². The molecular formula is C8H11O. The topological polar surface area (TPSA) is 13.1 Å². The van der Waals surface area contributed by atoms with Gasteiger partial charge in [0, 0.05) is 12.5 Å². The third-order valence-electron chi connectivity index (χ3n) is 1.28. The first-order chi connectivity index (χ1) is 4.43. The first-order valence-electron chi connectivity index (χ1n) is 3.37. The van der Waals surface area contributed by atoms with Gasteiger partial charge in [0.15, 0.2) is 0 Å². The van der Waals surface area contributed by atoms with Crippen LogP contribution in [0.25, 0.3) is 0 Å². The monoisotopic (exact) mass is 123 g/mol. The van der Waals surface area contributed by atoms with Crippen LogP contribution in [0.2, 0.25) is 0 Å². The van der Waals surface area contributed by atoms with E-state index in [0.29, 0.717) is 0 Å². The van der Waals surface area contributed by atoms with Crippen LogP contribution in [0, 0.1) is 6.07 Å². The van der Waals surface area contributed by atoms with E-state index in [2.05, 4.69) is 13.0 Å². The van der Waals surface area contributed by atoms with E-state index in [1.54, 1.807) is 6.26 Å². The van der Waals surface area contributed by atoms with Crippen LogP contribution in [0.1, 0.15) is 25.5 Å². The van der Waals surface area contributed by atoms with Crippen molar-refractivity contribution in [2.45, 2.75) is 26.2 Å². The average molecular weight is 123 g/mol. The standard InChI is InChI=1S/C8H11O/c1-2-3-5-8-6-4-7-9-8/h4,7H,2-3,5H2,1H3. The Balaban J connectivity index is 2.30. The molecule has 1 heterocycles. The maximum Gasteiger partial charge on any atom is 0.111 e. The fraction of sp³-hybridized carbons (Fsp3) is 0.500. The maximum atomic E-state index is 5.08. The number of furan rings is 1. The molecule has 1 nitrogen and oxygen atoms in total. The van der Waals surface area contributed by atoms with Crippen LogP contribution in [0.15, 0.2) is 16.7 Å². The number of hydrogen-bond donors (Lipinski definition) is 0. The average Bonchev–Trinajstić information content (AvgIpc) is 2.34. The molecule has 49 valence electrons. The molecule has 1 aromatic rings. The molecule has 1 heteroatoms. The minimum Gasteiger partial charge on any atom is -0.469 e. The lowest BCUT2D eigenvalue weighted by atomic mass is 10.2. The van der Waals surface area contributed by atoms with Gasteiger partial charge in [-0.25, -0.2) is 0 Å². The Bertz CT molecular complexity index is 142. The van der Waals surface area contributed by atoms with Crippen molar-refractivity contribution in [3.8, 4) is 0 Å². The minimum atomic E-state index is 0.983. The minimum absolute atomic E-state index is 0.983. The predicted molar refractivity (Wildman–Crippen MR) is 36.2 cm³/mol. The van der Waals surface area contributed by atoms with E-state index in [0.717, 1.165) is 12.2 Å². The molecule has 1 aromatic heterocycles. The van der Waals surface area contributed by atoms with Gasteiger partial charge in [-0.05, 0) is 12.5 Å². The molecule has 1 rings (SSSR count). The smallest absolute Gasteiger partial charge is 0.111 e. The highest BCUT2D eigenvalue weighted by molar-refractivity contribution is 4.95. The summed E-state index contributed by atoms with van der Waals surface area (Å²) in [5, 5.41) is 0. The van der Waals surface area contributed by atoms with Crippen molar-refractivity contribution in [3.63, 3.8) is 0 Å². The Morgan fingerprint density at radius 3 is 3.11 bits per heavy atom. The van der Waals surface area contributed by atoms with Gasteiger partial charge in [-0.15, -0.1) is 0 Å². The summed E-state index contributed by atoms with van der Waals surface area (Å²) in [6.07, 6.45) is 5.12. The lowest BCUT2D eigenvalue weighted by molar-refractivity contribution is 0.500. The summed E-state index contributed by atoms with van der Waals surface area (Å²) in [7, 11) is 0. The van der Waals surface area contributed by atoms with E-state index < -0.39 is 0 Å². The van der Waals surface area contributed by atoms with Gasteiger partial charge >= 0.3 is 0 Å². The molecule has 0 unspecified atom stereocenters. The van der Waals surface area contributed by atoms with Crippen LogP contribution < -0.4 is 0 Å². The zero-order valence-corrected chi connectivity index (χ0v) is 5.68. The summed E-state index contributed by atoms with van der Waals surface area (Å²) < 4.78 is 5.08. The highest BCUT2D eigenvalue weighted by Gasteiger charge is 1.92. The lowest BCUT2D eigenvalue weighted by Gasteiger charge is -1.89. The number of hydrogen-bond acceptors (Lipinski definition) is 1. The number of rotatable bonds is 3. The van der Waals surface area contributed by atoms with E-state index in [1.165, 1.54) is 12.8 Å². The van der Waals surface area contributed by atoms with Gasteiger partial charge in [-0.1, -0.05) is 13.3 Å². The number of unbranched alkanes of at least 4 members (excludes halogenated alkanes) is 1. The van der Waals surface area contributed by atoms with Gasteiger partial charge in [-0.3, -0.25) is 0 Å². The van der Waals surface area contributed by atoms with Crippen LogP contribution in [0.4, 0.5) is 0 Å². The van der Waals surface area contributed by atoms with Gasteiger partial charge in [-0.2, -0.15) is 0 Å². The quantitative estimate of drug-likeness (QED) is 0.601. The highest BCUT2D eigenvalue weighted by atomic mass is 16.3. The summed E-state index contributed by atoms with van der Waals surface area (Å²) >= 11 is 0. The lowest BCUT2D eigenvalue weighted by Crippen LogP contribution is -1.78. The van der Waals surface area contributed by atoms with Crippen molar-refractivity contribution >= 4 is 0 Å². The van der Waals surface area contributed by atoms with Crippen molar-refractivity contribution in [3.05, 3.63) is 24.2 Å². The van der Waals surface area contributed by atoms with Gasteiger partial charge in [0.25, 0.3) is 0 Å². The second kappa shape index (κ2) is 3.33. The molecule has 0 saturated carbocycles. The molecule has 0 aliphatic heterocycles. The number of aryl methyl sites for hydroxylation is 1.